The number of allylic oxidation sites excluding steroid dienone is 2. The van der Waals surface area contributed by atoms with Crippen molar-refractivity contribution in [2.45, 2.75) is 25.7 Å². The molecular weight excluding hydrogens is 136 g/mol. The van der Waals surface area contributed by atoms with Crippen LogP contribution < -0.4 is 0 Å². The SMILES string of the molecule is O=CC1CC2C=CC1CCC2. The smallest absolute Gasteiger partial charge is 0.123 e. The lowest BCUT2D eigenvalue weighted by molar-refractivity contribution is -0.112. The largest absolute Gasteiger partial charge is 0.303 e. The fourth-order valence-electron chi connectivity index (χ4n) is 2.34. The van der Waals surface area contributed by atoms with Gasteiger partial charge in [0.25, 0.3) is 0 Å². The highest BCUT2D eigenvalue weighted by atomic mass is 16.1. The Bertz CT molecular complexity index is 183. The van der Waals surface area contributed by atoms with Crippen molar-refractivity contribution in [2.75, 3.05) is 0 Å². The normalized spacial score (nSPS) is 42.0. The number of carbonyl (C=O) groups excluding carboxylic acids is 1. The number of carbonyl (C=O) groups is 1. The highest BCUT2D eigenvalue weighted by Crippen LogP contribution is 2.37. The van der Waals surface area contributed by atoms with Gasteiger partial charge in [-0.15, -0.1) is 0 Å². The maximum Gasteiger partial charge on any atom is 0.123 e. The Labute approximate surface area is 67.5 Å². The van der Waals surface area contributed by atoms with E-state index >= 15 is 0 Å². The highest BCUT2D eigenvalue weighted by Gasteiger charge is 2.28. The molecule has 0 amide bonds. The summed E-state index contributed by atoms with van der Waals surface area (Å²) >= 11 is 0. The van der Waals surface area contributed by atoms with Gasteiger partial charge in [0.1, 0.15) is 6.29 Å². The average molecular weight is 150 g/mol. The Morgan fingerprint density at radius 1 is 1.27 bits per heavy atom. The average Bonchev–Trinajstić information content (AvgIpc) is 2.37. The quantitative estimate of drug-likeness (QED) is 0.413. The number of fused-ring (bicyclic) bond motifs is 3. The number of rotatable bonds is 1. The van der Waals surface area contributed by atoms with Gasteiger partial charge in [0.15, 0.2) is 0 Å². The van der Waals surface area contributed by atoms with Crippen LogP contribution >= 0.6 is 0 Å². The van der Waals surface area contributed by atoms with E-state index < -0.39 is 0 Å². The lowest BCUT2D eigenvalue weighted by Crippen LogP contribution is -2.18. The van der Waals surface area contributed by atoms with E-state index in [1.807, 2.05) is 0 Å². The lowest BCUT2D eigenvalue weighted by atomic mass is 9.81. The first-order valence-electron chi connectivity index (χ1n) is 4.54. The van der Waals surface area contributed by atoms with Crippen molar-refractivity contribution in [1.29, 1.82) is 0 Å². The Hall–Kier alpha value is -0.590. The molecule has 3 aliphatic rings. The molecule has 11 heavy (non-hydrogen) atoms. The second-order valence-electron chi connectivity index (χ2n) is 3.78. The summed E-state index contributed by atoms with van der Waals surface area (Å²) in [5, 5.41) is 0. The molecule has 1 saturated carbocycles. The van der Waals surface area contributed by atoms with Crippen molar-refractivity contribution in [3.8, 4) is 0 Å². The molecule has 3 atom stereocenters. The lowest BCUT2D eigenvalue weighted by Gasteiger charge is -2.22. The van der Waals surface area contributed by atoms with Crippen molar-refractivity contribution < 1.29 is 4.79 Å². The second kappa shape index (κ2) is 2.80. The van der Waals surface area contributed by atoms with Crippen molar-refractivity contribution in [2.24, 2.45) is 17.8 Å². The minimum Gasteiger partial charge on any atom is -0.303 e. The predicted octanol–water partition coefficient (Wildman–Crippen LogP) is 2.18. The molecule has 60 valence electrons. The molecule has 1 nitrogen and oxygen atoms in total. The molecule has 0 radical (unpaired) electrons. The van der Waals surface area contributed by atoms with Gasteiger partial charge in [-0.3, -0.25) is 0 Å². The van der Waals surface area contributed by atoms with Crippen LogP contribution in [0.4, 0.5) is 0 Å². The van der Waals surface area contributed by atoms with Crippen molar-refractivity contribution in [3.63, 3.8) is 0 Å². The maximum atomic E-state index is 10.7. The van der Waals surface area contributed by atoms with Crippen LogP contribution in [0.1, 0.15) is 25.7 Å². The molecule has 0 aliphatic heterocycles. The topological polar surface area (TPSA) is 17.1 Å². The van der Waals surface area contributed by atoms with Crippen molar-refractivity contribution in [1.82, 2.24) is 0 Å². The van der Waals surface area contributed by atoms with Crippen LogP contribution in [0.2, 0.25) is 0 Å². The van der Waals surface area contributed by atoms with Crippen LogP contribution in [0.5, 0.6) is 0 Å². The van der Waals surface area contributed by atoms with Gasteiger partial charge in [-0.1, -0.05) is 18.6 Å². The van der Waals surface area contributed by atoms with Gasteiger partial charge in [-0.05, 0) is 31.1 Å². The third-order valence-electron chi connectivity index (χ3n) is 3.04. The van der Waals surface area contributed by atoms with E-state index in [2.05, 4.69) is 12.2 Å². The minimum absolute atomic E-state index is 0.340. The molecule has 3 unspecified atom stereocenters. The molecule has 1 fully saturated rings. The predicted molar refractivity (Wildman–Crippen MR) is 44.1 cm³/mol. The molecule has 3 rings (SSSR count). The molecule has 0 aromatic carbocycles. The van der Waals surface area contributed by atoms with Gasteiger partial charge in [0, 0.05) is 5.92 Å². The summed E-state index contributed by atoms with van der Waals surface area (Å²) in [5.74, 6) is 1.63. The fourth-order valence-corrected chi connectivity index (χ4v) is 2.34. The van der Waals surface area contributed by atoms with E-state index in [9.17, 15) is 4.79 Å². The van der Waals surface area contributed by atoms with E-state index in [0.717, 1.165) is 12.7 Å². The summed E-state index contributed by atoms with van der Waals surface area (Å²) in [6, 6.07) is 0. The summed E-state index contributed by atoms with van der Waals surface area (Å²) in [7, 11) is 0. The van der Waals surface area contributed by atoms with Crippen LogP contribution in [-0.4, -0.2) is 6.29 Å². The Balaban J connectivity index is 2.19. The van der Waals surface area contributed by atoms with E-state index in [1.54, 1.807) is 0 Å². The molecule has 0 N–H and O–H groups in total. The molecule has 2 bridgehead atoms. The third-order valence-corrected chi connectivity index (χ3v) is 3.04. The standard InChI is InChI=1S/C10H14O/c11-7-10-6-8-2-1-3-9(10)5-4-8/h4-5,7-10H,1-3,6H2. The summed E-state index contributed by atoms with van der Waals surface area (Å²) in [6.07, 6.45) is 10.7. The van der Waals surface area contributed by atoms with Gasteiger partial charge in [0.05, 0.1) is 0 Å². The molecule has 0 saturated heterocycles. The van der Waals surface area contributed by atoms with E-state index in [-0.39, 0.29) is 0 Å². The monoisotopic (exact) mass is 150 g/mol. The van der Waals surface area contributed by atoms with Crippen molar-refractivity contribution in [3.05, 3.63) is 12.2 Å². The zero-order valence-electron chi connectivity index (χ0n) is 6.70. The van der Waals surface area contributed by atoms with E-state index in [0.29, 0.717) is 17.8 Å². The number of hydrogen-bond donors (Lipinski definition) is 0. The first-order valence-corrected chi connectivity index (χ1v) is 4.54. The molecule has 0 aromatic heterocycles. The summed E-state index contributed by atoms with van der Waals surface area (Å²) in [5.41, 5.74) is 0. The Morgan fingerprint density at radius 3 is 3.00 bits per heavy atom. The molecule has 0 heterocycles. The van der Waals surface area contributed by atoms with Crippen LogP contribution in [0.15, 0.2) is 12.2 Å². The van der Waals surface area contributed by atoms with Crippen LogP contribution in [0.3, 0.4) is 0 Å². The van der Waals surface area contributed by atoms with E-state index in [1.165, 1.54) is 19.3 Å². The van der Waals surface area contributed by atoms with Gasteiger partial charge >= 0.3 is 0 Å². The van der Waals surface area contributed by atoms with Crippen LogP contribution in [0, 0.1) is 17.8 Å². The molecule has 0 aromatic rings. The van der Waals surface area contributed by atoms with Crippen molar-refractivity contribution >= 4 is 6.29 Å². The first kappa shape index (κ1) is 7.08. The summed E-state index contributed by atoms with van der Waals surface area (Å²) in [6.45, 7) is 0. The van der Waals surface area contributed by atoms with Crippen LogP contribution in [0.25, 0.3) is 0 Å². The number of aldehydes is 1. The van der Waals surface area contributed by atoms with Gasteiger partial charge in [0.2, 0.25) is 0 Å². The van der Waals surface area contributed by atoms with E-state index in [4.69, 9.17) is 0 Å². The Morgan fingerprint density at radius 2 is 2.18 bits per heavy atom. The zero-order chi connectivity index (χ0) is 7.68. The highest BCUT2D eigenvalue weighted by molar-refractivity contribution is 5.55. The molecular formula is C10H14O. The first-order chi connectivity index (χ1) is 5.40. The Kier molecular flexibility index (Phi) is 1.80. The number of hydrogen-bond acceptors (Lipinski definition) is 1. The summed E-state index contributed by atoms with van der Waals surface area (Å²) < 4.78 is 0. The molecule has 3 aliphatic carbocycles. The second-order valence-corrected chi connectivity index (χ2v) is 3.78. The zero-order valence-corrected chi connectivity index (χ0v) is 6.70. The molecule has 1 heteroatoms. The fraction of sp³-hybridized carbons (Fsp3) is 0.700. The molecule has 0 spiro atoms. The maximum absolute atomic E-state index is 10.7. The minimum atomic E-state index is 0.340. The third kappa shape index (κ3) is 1.24. The van der Waals surface area contributed by atoms with Crippen LogP contribution in [-0.2, 0) is 4.79 Å². The van der Waals surface area contributed by atoms with Gasteiger partial charge in [-0.2, -0.15) is 0 Å². The van der Waals surface area contributed by atoms with Gasteiger partial charge < -0.3 is 4.79 Å². The summed E-state index contributed by atoms with van der Waals surface area (Å²) in [4.78, 5) is 10.7. The van der Waals surface area contributed by atoms with Gasteiger partial charge in [-0.25, -0.2) is 0 Å².